The lowest BCUT2D eigenvalue weighted by Crippen LogP contribution is -2.03. The smallest absolute Gasteiger partial charge is 0.125 e. The molecule has 0 saturated carbocycles. The third-order valence-electron chi connectivity index (χ3n) is 3.20. The third-order valence-corrected chi connectivity index (χ3v) is 3.20. The summed E-state index contributed by atoms with van der Waals surface area (Å²) in [6.07, 6.45) is 0.0883. The van der Waals surface area contributed by atoms with Crippen LogP contribution in [0.15, 0.2) is 48.5 Å². The van der Waals surface area contributed by atoms with E-state index in [0.717, 1.165) is 16.9 Å². The summed E-state index contributed by atoms with van der Waals surface area (Å²) in [7, 11) is 1.61. The van der Waals surface area contributed by atoms with Gasteiger partial charge in [-0.25, -0.2) is 0 Å². The van der Waals surface area contributed by atoms with Crippen LogP contribution in [0.3, 0.4) is 0 Å². The Hall–Kier alpha value is -2.00. The molecule has 0 spiro atoms. The van der Waals surface area contributed by atoms with Crippen molar-refractivity contribution >= 4 is 0 Å². The molecule has 3 nitrogen and oxygen atoms in total. The van der Waals surface area contributed by atoms with Crippen LogP contribution in [0.4, 0.5) is 0 Å². The second-order valence-corrected chi connectivity index (χ2v) is 4.60. The predicted octanol–water partition coefficient (Wildman–Crippen LogP) is 3.72. The highest BCUT2D eigenvalue weighted by Gasteiger charge is 2.13. The van der Waals surface area contributed by atoms with Crippen LogP contribution in [0, 0.1) is 0 Å². The van der Waals surface area contributed by atoms with E-state index in [0.29, 0.717) is 18.8 Å². The first-order valence-corrected chi connectivity index (χ1v) is 6.77. The van der Waals surface area contributed by atoms with Crippen LogP contribution in [-0.4, -0.2) is 12.2 Å². The Balaban J connectivity index is 2.17. The molecule has 106 valence electrons. The Morgan fingerprint density at radius 2 is 1.85 bits per heavy atom. The summed E-state index contributed by atoms with van der Waals surface area (Å²) >= 11 is 0. The van der Waals surface area contributed by atoms with E-state index in [1.165, 1.54) is 0 Å². The number of rotatable bonds is 6. The summed E-state index contributed by atoms with van der Waals surface area (Å²) in [5.74, 6) is 1.42. The van der Waals surface area contributed by atoms with Crippen molar-refractivity contribution in [1.82, 2.24) is 0 Å². The molecule has 0 saturated heterocycles. The Morgan fingerprint density at radius 3 is 2.50 bits per heavy atom. The fourth-order valence-corrected chi connectivity index (χ4v) is 2.00. The second-order valence-electron chi connectivity index (χ2n) is 4.60. The van der Waals surface area contributed by atoms with Crippen molar-refractivity contribution < 1.29 is 14.6 Å². The average Bonchev–Trinajstić information content (AvgIpc) is 2.53. The molecule has 0 aliphatic heterocycles. The molecule has 1 atom stereocenters. The van der Waals surface area contributed by atoms with Gasteiger partial charge in [0.2, 0.25) is 0 Å². The van der Waals surface area contributed by atoms with Gasteiger partial charge in [0, 0.05) is 5.56 Å². The standard InChI is InChI=1S/C17H20O3/c1-3-16(18)15-11-14(19-2)9-10-17(15)20-12-13-7-5-4-6-8-13/h4-11,16,18H,3,12H2,1-2H3. The van der Waals surface area contributed by atoms with E-state index in [-0.39, 0.29) is 0 Å². The van der Waals surface area contributed by atoms with Gasteiger partial charge in [-0.15, -0.1) is 0 Å². The lowest BCUT2D eigenvalue weighted by Gasteiger charge is -2.16. The zero-order valence-corrected chi connectivity index (χ0v) is 11.9. The Labute approximate surface area is 119 Å². The van der Waals surface area contributed by atoms with Crippen molar-refractivity contribution in [3.05, 3.63) is 59.7 Å². The summed E-state index contributed by atoms with van der Waals surface area (Å²) in [6.45, 7) is 2.42. The Bertz CT molecular complexity index is 537. The van der Waals surface area contributed by atoms with E-state index in [2.05, 4.69) is 0 Å². The molecule has 1 N–H and O–H groups in total. The monoisotopic (exact) mass is 272 g/mol. The first kappa shape index (κ1) is 14.4. The molecule has 0 fully saturated rings. The third kappa shape index (κ3) is 3.52. The van der Waals surface area contributed by atoms with E-state index in [4.69, 9.17) is 9.47 Å². The number of ether oxygens (including phenoxy) is 2. The minimum atomic E-state index is -0.545. The van der Waals surface area contributed by atoms with Gasteiger partial charge < -0.3 is 14.6 Å². The molecule has 1 unspecified atom stereocenters. The van der Waals surface area contributed by atoms with Gasteiger partial charge in [0.1, 0.15) is 18.1 Å². The van der Waals surface area contributed by atoms with Gasteiger partial charge in [-0.05, 0) is 30.2 Å². The largest absolute Gasteiger partial charge is 0.497 e. The number of aliphatic hydroxyl groups excluding tert-OH is 1. The fraction of sp³-hybridized carbons (Fsp3) is 0.294. The Kier molecular flexibility index (Phi) is 5.02. The Morgan fingerprint density at radius 1 is 1.10 bits per heavy atom. The van der Waals surface area contributed by atoms with Crippen LogP contribution in [0.25, 0.3) is 0 Å². The number of hydrogen-bond acceptors (Lipinski definition) is 3. The van der Waals surface area contributed by atoms with E-state index >= 15 is 0 Å². The molecule has 0 amide bonds. The van der Waals surface area contributed by atoms with Crippen molar-refractivity contribution in [3.63, 3.8) is 0 Å². The molecule has 0 aliphatic carbocycles. The van der Waals surface area contributed by atoms with Gasteiger partial charge in [0.15, 0.2) is 0 Å². The van der Waals surface area contributed by atoms with Crippen LogP contribution >= 0.6 is 0 Å². The highest BCUT2D eigenvalue weighted by molar-refractivity contribution is 5.41. The van der Waals surface area contributed by atoms with Gasteiger partial charge in [0.05, 0.1) is 13.2 Å². The highest BCUT2D eigenvalue weighted by atomic mass is 16.5. The van der Waals surface area contributed by atoms with Crippen LogP contribution in [0.2, 0.25) is 0 Å². The maximum atomic E-state index is 10.1. The molecule has 2 aromatic carbocycles. The molecule has 0 radical (unpaired) electrons. The topological polar surface area (TPSA) is 38.7 Å². The van der Waals surface area contributed by atoms with E-state index in [1.807, 2.05) is 55.5 Å². The average molecular weight is 272 g/mol. The van der Waals surface area contributed by atoms with E-state index in [9.17, 15) is 5.11 Å². The molecular formula is C17H20O3. The van der Waals surface area contributed by atoms with Crippen LogP contribution < -0.4 is 9.47 Å². The van der Waals surface area contributed by atoms with Crippen molar-refractivity contribution in [2.24, 2.45) is 0 Å². The molecule has 0 aromatic heterocycles. The van der Waals surface area contributed by atoms with Gasteiger partial charge in [-0.1, -0.05) is 37.3 Å². The molecule has 0 bridgehead atoms. The van der Waals surface area contributed by atoms with Gasteiger partial charge in [-0.3, -0.25) is 0 Å². The first-order chi connectivity index (χ1) is 9.74. The maximum absolute atomic E-state index is 10.1. The fourth-order valence-electron chi connectivity index (χ4n) is 2.00. The molecular weight excluding hydrogens is 252 g/mol. The van der Waals surface area contributed by atoms with Gasteiger partial charge in [-0.2, -0.15) is 0 Å². The van der Waals surface area contributed by atoms with Crippen molar-refractivity contribution in [2.45, 2.75) is 26.1 Å². The van der Waals surface area contributed by atoms with Crippen LogP contribution in [0.1, 0.15) is 30.6 Å². The molecule has 3 heteroatoms. The summed E-state index contributed by atoms with van der Waals surface area (Å²) < 4.78 is 11.0. The zero-order chi connectivity index (χ0) is 14.4. The summed E-state index contributed by atoms with van der Waals surface area (Å²) in [4.78, 5) is 0. The highest BCUT2D eigenvalue weighted by Crippen LogP contribution is 2.31. The first-order valence-electron chi connectivity index (χ1n) is 6.77. The summed E-state index contributed by atoms with van der Waals surface area (Å²) in [5.41, 5.74) is 1.86. The minimum Gasteiger partial charge on any atom is -0.497 e. The lowest BCUT2D eigenvalue weighted by molar-refractivity contribution is 0.166. The minimum absolute atomic E-state index is 0.483. The van der Waals surface area contributed by atoms with Crippen LogP contribution in [0.5, 0.6) is 11.5 Å². The van der Waals surface area contributed by atoms with Crippen molar-refractivity contribution in [1.29, 1.82) is 0 Å². The summed E-state index contributed by atoms with van der Waals surface area (Å²) in [5, 5.41) is 10.1. The quantitative estimate of drug-likeness (QED) is 0.871. The normalized spacial score (nSPS) is 11.9. The zero-order valence-electron chi connectivity index (χ0n) is 11.9. The molecule has 20 heavy (non-hydrogen) atoms. The second kappa shape index (κ2) is 6.96. The van der Waals surface area contributed by atoms with E-state index in [1.54, 1.807) is 7.11 Å². The summed E-state index contributed by atoms with van der Waals surface area (Å²) in [6, 6.07) is 15.5. The van der Waals surface area contributed by atoms with E-state index < -0.39 is 6.10 Å². The predicted molar refractivity (Wildman–Crippen MR) is 79.0 cm³/mol. The van der Waals surface area contributed by atoms with Crippen molar-refractivity contribution in [3.8, 4) is 11.5 Å². The molecule has 2 aromatic rings. The van der Waals surface area contributed by atoms with Gasteiger partial charge >= 0.3 is 0 Å². The number of aliphatic hydroxyl groups is 1. The molecule has 0 aliphatic rings. The SMILES string of the molecule is CCC(O)c1cc(OC)ccc1OCc1ccccc1. The molecule has 2 rings (SSSR count). The number of benzene rings is 2. The lowest BCUT2D eigenvalue weighted by atomic mass is 10.1. The van der Waals surface area contributed by atoms with Crippen molar-refractivity contribution in [2.75, 3.05) is 7.11 Å². The number of hydrogen-bond donors (Lipinski definition) is 1. The van der Waals surface area contributed by atoms with Gasteiger partial charge in [0.25, 0.3) is 0 Å². The molecule has 0 heterocycles. The van der Waals surface area contributed by atoms with Crippen LogP contribution in [-0.2, 0) is 6.61 Å². The maximum Gasteiger partial charge on any atom is 0.125 e. The number of methoxy groups -OCH3 is 1.